The van der Waals surface area contributed by atoms with Crippen LogP contribution in [0.5, 0.6) is 0 Å². The van der Waals surface area contributed by atoms with E-state index in [2.05, 4.69) is 31.5 Å². The molecule has 0 unspecified atom stereocenters. The number of aromatic nitrogens is 3. The molecule has 2 aliphatic rings. The minimum atomic E-state index is 0. The first-order chi connectivity index (χ1) is 12.7. The Hall–Kier alpha value is -1.63. The summed E-state index contributed by atoms with van der Waals surface area (Å²) >= 11 is 0. The van der Waals surface area contributed by atoms with Crippen molar-refractivity contribution in [1.82, 2.24) is 20.1 Å². The number of aryl methyl sites for hydroxylation is 2. The first kappa shape index (κ1) is 22.7. The molecule has 154 valence electrons. The summed E-state index contributed by atoms with van der Waals surface area (Å²) in [6.45, 7) is 4.29. The summed E-state index contributed by atoms with van der Waals surface area (Å²) in [6, 6.07) is 6.13. The van der Waals surface area contributed by atoms with Crippen molar-refractivity contribution < 1.29 is 4.79 Å². The Morgan fingerprint density at radius 2 is 2.00 bits per heavy atom. The largest absolute Gasteiger partial charge is 0.325 e. The molecule has 4 rings (SSSR count). The maximum atomic E-state index is 12.2. The maximum absolute atomic E-state index is 12.2. The van der Waals surface area contributed by atoms with E-state index in [1.54, 1.807) is 0 Å². The number of hydrogen-bond acceptors (Lipinski definition) is 4. The Morgan fingerprint density at radius 1 is 1.18 bits per heavy atom. The van der Waals surface area contributed by atoms with Crippen molar-refractivity contribution in [2.75, 3.05) is 18.4 Å². The fourth-order valence-corrected chi connectivity index (χ4v) is 3.50. The molecule has 0 bridgehead atoms. The average molecular weight is 426 g/mol. The minimum absolute atomic E-state index is 0. The van der Waals surface area contributed by atoms with Crippen LogP contribution < -0.4 is 10.6 Å². The number of anilines is 1. The molecule has 6 nitrogen and oxygen atoms in total. The Balaban J connectivity index is 0.00000140. The second-order valence-corrected chi connectivity index (χ2v) is 7.55. The molecule has 2 N–H and O–H groups in total. The van der Waals surface area contributed by atoms with Gasteiger partial charge in [0.05, 0.1) is 6.54 Å². The second kappa shape index (κ2) is 10.2. The predicted molar refractivity (Wildman–Crippen MR) is 116 cm³/mol. The van der Waals surface area contributed by atoms with Gasteiger partial charge in [-0.25, -0.2) is 0 Å². The van der Waals surface area contributed by atoms with Crippen LogP contribution in [0.25, 0.3) is 11.4 Å². The van der Waals surface area contributed by atoms with E-state index in [1.807, 2.05) is 19.1 Å². The highest BCUT2D eigenvalue weighted by atomic mass is 35.5. The summed E-state index contributed by atoms with van der Waals surface area (Å²) in [7, 11) is 0. The molecule has 0 radical (unpaired) electrons. The van der Waals surface area contributed by atoms with Gasteiger partial charge in [-0.05, 0) is 56.7 Å². The number of nitrogens with one attached hydrogen (secondary N) is 2. The quantitative estimate of drug-likeness (QED) is 0.738. The van der Waals surface area contributed by atoms with Crippen LogP contribution in [0.4, 0.5) is 5.69 Å². The van der Waals surface area contributed by atoms with E-state index in [1.165, 1.54) is 32.1 Å². The van der Waals surface area contributed by atoms with Crippen LogP contribution in [0.15, 0.2) is 18.2 Å². The molecule has 1 aliphatic heterocycles. The summed E-state index contributed by atoms with van der Waals surface area (Å²) in [5.74, 6) is 2.76. The van der Waals surface area contributed by atoms with Gasteiger partial charge in [0.1, 0.15) is 5.82 Å². The van der Waals surface area contributed by atoms with Crippen molar-refractivity contribution in [2.45, 2.75) is 52.0 Å². The van der Waals surface area contributed by atoms with Gasteiger partial charge in [0.25, 0.3) is 0 Å². The number of carbonyl (C=O) groups excluding carboxylic acids is 1. The zero-order valence-corrected chi connectivity index (χ0v) is 17.9. The number of nitrogens with zero attached hydrogens (tertiary/aromatic N) is 3. The fourth-order valence-electron chi connectivity index (χ4n) is 3.50. The van der Waals surface area contributed by atoms with E-state index < -0.39 is 0 Å². The van der Waals surface area contributed by atoms with Crippen molar-refractivity contribution in [3.05, 3.63) is 29.6 Å². The lowest BCUT2D eigenvalue weighted by Gasteiger charge is -2.12. The molecule has 2 heterocycles. The molecule has 1 aromatic heterocycles. The fraction of sp³-hybridized carbons (Fsp3) is 0.550. The number of benzene rings is 1. The van der Waals surface area contributed by atoms with Crippen LogP contribution in [0.3, 0.4) is 0 Å². The molecule has 0 saturated heterocycles. The molecule has 0 spiro atoms. The van der Waals surface area contributed by atoms with Gasteiger partial charge in [-0.3, -0.25) is 4.79 Å². The van der Waals surface area contributed by atoms with Crippen LogP contribution >= 0.6 is 24.8 Å². The van der Waals surface area contributed by atoms with Crippen LogP contribution in [-0.2, 0) is 17.8 Å². The predicted octanol–water partition coefficient (Wildman–Crippen LogP) is 3.76. The molecule has 1 aliphatic carbocycles. The second-order valence-electron chi connectivity index (χ2n) is 7.55. The van der Waals surface area contributed by atoms with Crippen LogP contribution in [0.1, 0.15) is 43.5 Å². The van der Waals surface area contributed by atoms with E-state index in [0.29, 0.717) is 6.54 Å². The highest BCUT2D eigenvalue weighted by Crippen LogP contribution is 2.28. The molecule has 1 aromatic carbocycles. The molecular weight excluding hydrogens is 397 g/mol. The third kappa shape index (κ3) is 5.46. The number of amides is 1. The number of carbonyl (C=O) groups is 1. The minimum Gasteiger partial charge on any atom is -0.325 e. The number of hydrogen-bond donors (Lipinski definition) is 2. The molecular formula is C20H29Cl2N5O. The third-order valence-electron chi connectivity index (χ3n) is 5.29. The first-order valence-corrected chi connectivity index (χ1v) is 9.74. The topological polar surface area (TPSA) is 71.8 Å². The number of halogens is 2. The summed E-state index contributed by atoms with van der Waals surface area (Å²) in [5, 5.41) is 15.1. The summed E-state index contributed by atoms with van der Waals surface area (Å²) in [4.78, 5) is 12.2. The lowest BCUT2D eigenvalue weighted by molar-refractivity contribution is -0.115. The van der Waals surface area contributed by atoms with Crippen LogP contribution in [-0.4, -0.2) is 33.8 Å². The zero-order valence-electron chi connectivity index (χ0n) is 16.2. The Labute approximate surface area is 178 Å². The van der Waals surface area contributed by atoms with Gasteiger partial charge in [-0.2, -0.15) is 0 Å². The molecule has 0 atom stereocenters. The molecule has 28 heavy (non-hydrogen) atoms. The van der Waals surface area contributed by atoms with Crippen LogP contribution in [0, 0.1) is 12.8 Å². The third-order valence-corrected chi connectivity index (χ3v) is 5.29. The number of rotatable bonds is 6. The van der Waals surface area contributed by atoms with Crippen LogP contribution in [0.2, 0.25) is 0 Å². The van der Waals surface area contributed by atoms with Crippen molar-refractivity contribution in [3.63, 3.8) is 0 Å². The Bertz CT molecular complexity index is 804. The lowest BCUT2D eigenvalue weighted by Crippen LogP contribution is -2.29. The molecule has 2 aromatic rings. The molecule has 1 fully saturated rings. The van der Waals surface area contributed by atoms with Crippen molar-refractivity contribution in [2.24, 2.45) is 5.92 Å². The van der Waals surface area contributed by atoms with Gasteiger partial charge in [0.15, 0.2) is 5.82 Å². The van der Waals surface area contributed by atoms with Gasteiger partial charge in [0.2, 0.25) is 5.91 Å². The van der Waals surface area contributed by atoms with Gasteiger partial charge < -0.3 is 15.2 Å². The Kier molecular flexibility index (Phi) is 8.28. The monoisotopic (exact) mass is 425 g/mol. The van der Waals surface area contributed by atoms with Crippen molar-refractivity contribution in [3.8, 4) is 11.4 Å². The average Bonchev–Trinajstić information content (AvgIpc) is 3.41. The highest BCUT2D eigenvalue weighted by Gasteiger charge is 2.21. The highest BCUT2D eigenvalue weighted by molar-refractivity contribution is 5.93. The molecule has 8 heteroatoms. The first-order valence-electron chi connectivity index (χ1n) is 9.74. The van der Waals surface area contributed by atoms with Crippen molar-refractivity contribution in [1.29, 1.82) is 0 Å². The summed E-state index contributed by atoms with van der Waals surface area (Å²) in [6.07, 6.45) is 7.17. The standard InChI is InChI=1S/C20H27N5O.2ClH/c1-14-6-9-16(20-24-23-18-5-3-2-4-10-25(18)20)11-17(14)22-19(26)13-21-12-15-7-8-15;;/h6,9,11,15,21H,2-5,7-8,10,12-13H2,1H3,(H,22,26);2*1H. The van der Waals surface area contributed by atoms with E-state index >= 15 is 0 Å². The molecule has 1 saturated carbocycles. The van der Waals surface area contributed by atoms with Crippen molar-refractivity contribution >= 4 is 36.4 Å². The number of fused-ring (bicyclic) bond motifs is 1. The van der Waals surface area contributed by atoms with E-state index in [-0.39, 0.29) is 30.7 Å². The zero-order chi connectivity index (χ0) is 17.9. The summed E-state index contributed by atoms with van der Waals surface area (Å²) in [5.41, 5.74) is 2.92. The van der Waals surface area contributed by atoms with E-state index in [9.17, 15) is 4.79 Å². The maximum Gasteiger partial charge on any atom is 0.238 e. The summed E-state index contributed by atoms with van der Waals surface area (Å²) < 4.78 is 2.24. The van der Waals surface area contributed by atoms with Gasteiger partial charge in [-0.1, -0.05) is 18.6 Å². The van der Waals surface area contributed by atoms with Gasteiger partial charge in [-0.15, -0.1) is 35.0 Å². The lowest BCUT2D eigenvalue weighted by atomic mass is 10.1. The normalized spacial score (nSPS) is 15.6. The SMILES string of the molecule is Cc1ccc(-c2nnc3n2CCCCC3)cc1NC(=O)CNCC1CC1.Cl.Cl. The smallest absolute Gasteiger partial charge is 0.238 e. The van der Waals surface area contributed by atoms with E-state index in [4.69, 9.17) is 0 Å². The van der Waals surface area contributed by atoms with Gasteiger partial charge >= 0.3 is 0 Å². The van der Waals surface area contributed by atoms with Gasteiger partial charge in [0, 0.05) is 24.2 Å². The van der Waals surface area contributed by atoms with E-state index in [0.717, 1.165) is 53.9 Å². The molecule has 1 amide bonds. The Morgan fingerprint density at radius 3 is 2.79 bits per heavy atom.